The van der Waals surface area contributed by atoms with E-state index >= 15 is 0 Å². The van der Waals surface area contributed by atoms with Gasteiger partial charge in [0.15, 0.2) is 17.5 Å². The Morgan fingerprint density at radius 3 is 2.67 bits per heavy atom. The third-order valence-corrected chi connectivity index (χ3v) is 3.58. The molecule has 2 rings (SSSR count). The summed E-state index contributed by atoms with van der Waals surface area (Å²) in [4.78, 5) is 51.2. The van der Waals surface area contributed by atoms with Gasteiger partial charge < -0.3 is 10.4 Å². The largest absolute Gasteiger partial charge is 0.480 e. The second kappa shape index (κ2) is 5.08. The average molecular weight is 290 g/mol. The highest BCUT2D eigenvalue weighted by atomic mass is 16.4. The van der Waals surface area contributed by atoms with E-state index < -0.39 is 41.3 Å². The van der Waals surface area contributed by atoms with Crippen molar-refractivity contribution >= 4 is 23.4 Å². The first kappa shape index (κ1) is 14.8. The monoisotopic (exact) mass is 290 g/mol. The van der Waals surface area contributed by atoms with Crippen LogP contribution in [0.3, 0.4) is 0 Å². The zero-order valence-electron chi connectivity index (χ0n) is 11.5. The van der Waals surface area contributed by atoms with Gasteiger partial charge in [0.25, 0.3) is 0 Å². The molecule has 1 aromatic heterocycles. The number of aliphatic carboxylic acids is 1. The molecular formula is C14H14N2O5. The van der Waals surface area contributed by atoms with Crippen molar-refractivity contribution in [1.29, 1.82) is 0 Å². The molecule has 1 unspecified atom stereocenters. The number of amides is 1. The number of hydrogen-bond donors (Lipinski definition) is 2. The third kappa shape index (κ3) is 2.42. The molecule has 0 aliphatic heterocycles. The molecule has 0 bridgehead atoms. The predicted octanol–water partition coefficient (Wildman–Crippen LogP) is -0.0584. The number of Topliss-reactive ketones (excluding diaryl/α,β-unsaturated/α-hetero) is 2. The van der Waals surface area contributed by atoms with Crippen LogP contribution in [0.1, 0.15) is 29.8 Å². The summed E-state index contributed by atoms with van der Waals surface area (Å²) >= 11 is 0. The number of nitrogens with zero attached hydrogens (tertiary/aromatic N) is 1. The Morgan fingerprint density at radius 2 is 2.05 bits per heavy atom. The number of hydrogen-bond acceptors (Lipinski definition) is 5. The van der Waals surface area contributed by atoms with Crippen molar-refractivity contribution in [3.05, 3.63) is 29.6 Å². The molecule has 1 aliphatic rings. The van der Waals surface area contributed by atoms with Crippen LogP contribution in [-0.2, 0) is 19.8 Å². The van der Waals surface area contributed by atoms with Crippen LogP contribution in [0.4, 0.5) is 0 Å². The van der Waals surface area contributed by atoms with E-state index in [1.807, 2.05) is 0 Å². The second-order valence-electron chi connectivity index (χ2n) is 5.32. The Bertz CT molecular complexity index is 651. The van der Waals surface area contributed by atoms with Crippen molar-refractivity contribution in [2.75, 3.05) is 6.54 Å². The van der Waals surface area contributed by atoms with Gasteiger partial charge >= 0.3 is 5.97 Å². The third-order valence-electron chi connectivity index (χ3n) is 3.58. The van der Waals surface area contributed by atoms with Gasteiger partial charge in [0.1, 0.15) is 6.54 Å². The van der Waals surface area contributed by atoms with Gasteiger partial charge in [-0.05, 0) is 25.5 Å². The number of ketones is 2. The van der Waals surface area contributed by atoms with E-state index in [9.17, 15) is 19.2 Å². The van der Waals surface area contributed by atoms with Crippen molar-refractivity contribution in [2.45, 2.75) is 19.3 Å². The van der Waals surface area contributed by atoms with E-state index in [2.05, 4.69) is 10.3 Å². The summed E-state index contributed by atoms with van der Waals surface area (Å²) < 4.78 is 0. The Morgan fingerprint density at radius 1 is 1.38 bits per heavy atom. The fourth-order valence-corrected chi connectivity index (χ4v) is 2.38. The highest BCUT2D eigenvalue weighted by Crippen LogP contribution is 2.36. The van der Waals surface area contributed by atoms with Crippen LogP contribution in [0.5, 0.6) is 0 Å². The van der Waals surface area contributed by atoms with Gasteiger partial charge in [0.05, 0.1) is 5.41 Å². The molecule has 0 fully saturated rings. The van der Waals surface area contributed by atoms with Crippen molar-refractivity contribution < 1.29 is 24.3 Å². The number of aromatic nitrogens is 1. The highest BCUT2D eigenvalue weighted by molar-refractivity contribution is 6.28. The molecule has 0 spiro atoms. The predicted molar refractivity (Wildman–Crippen MR) is 70.7 cm³/mol. The minimum atomic E-state index is -1.52. The lowest BCUT2D eigenvalue weighted by molar-refractivity contribution is -0.140. The maximum Gasteiger partial charge on any atom is 0.322 e. The van der Waals surface area contributed by atoms with E-state index in [4.69, 9.17) is 5.11 Å². The number of carboxylic acids is 1. The molecule has 1 aromatic rings. The number of rotatable bonds is 3. The fraction of sp³-hybridized carbons (Fsp3) is 0.357. The number of carbonyl (C=O) groups is 4. The lowest BCUT2D eigenvalue weighted by atomic mass is 9.67. The van der Waals surface area contributed by atoms with E-state index in [1.165, 1.54) is 18.5 Å². The molecule has 1 heterocycles. The van der Waals surface area contributed by atoms with E-state index in [0.717, 1.165) is 0 Å². The average Bonchev–Trinajstić information content (AvgIpc) is 2.43. The molecule has 2 N–H and O–H groups in total. The first-order valence-corrected chi connectivity index (χ1v) is 6.29. The topological polar surface area (TPSA) is 113 Å². The van der Waals surface area contributed by atoms with E-state index in [0.29, 0.717) is 5.56 Å². The normalized spacial score (nSPS) is 19.8. The Hall–Kier alpha value is -2.57. The van der Waals surface area contributed by atoms with E-state index in [-0.39, 0.29) is 5.56 Å². The van der Waals surface area contributed by atoms with Crippen LogP contribution in [0.15, 0.2) is 18.5 Å². The van der Waals surface area contributed by atoms with Gasteiger partial charge in [0, 0.05) is 18.0 Å². The van der Waals surface area contributed by atoms with Crippen molar-refractivity contribution in [1.82, 2.24) is 10.3 Å². The first-order chi connectivity index (χ1) is 9.76. The molecular weight excluding hydrogens is 276 g/mol. The van der Waals surface area contributed by atoms with Crippen LogP contribution in [0.25, 0.3) is 0 Å². The van der Waals surface area contributed by atoms with Crippen LogP contribution in [0, 0.1) is 5.92 Å². The van der Waals surface area contributed by atoms with Gasteiger partial charge in [-0.15, -0.1) is 0 Å². The number of nitrogens with one attached hydrogen (secondary N) is 1. The number of fused-ring (bicyclic) bond motifs is 1. The molecule has 0 saturated heterocycles. The molecule has 1 amide bonds. The van der Waals surface area contributed by atoms with Crippen LogP contribution < -0.4 is 5.32 Å². The summed E-state index contributed by atoms with van der Waals surface area (Å²) in [5, 5.41) is 10.6. The highest BCUT2D eigenvalue weighted by Gasteiger charge is 2.49. The Labute approximate surface area is 120 Å². The van der Waals surface area contributed by atoms with Crippen LogP contribution in [-0.4, -0.2) is 40.1 Å². The maximum absolute atomic E-state index is 12.4. The minimum absolute atomic E-state index is 0.269. The molecule has 0 radical (unpaired) electrons. The minimum Gasteiger partial charge on any atom is -0.480 e. The summed E-state index contributed by atoms with van der Waals surface area (Å²) in [6, 6.07) is 1.46. The number of pyridine rings is 1. The fourth-order valence-electron chi connectivity index (χ4n) is 2.38. The number of carboxylic acid groups (broad SMARTS) is 1. The summed E-state index contributed by atoms with van der Waals surface area (Å²) in [5.41, 5.74) is -0.296. The molecule has 0 saturated carbocycles. The lowest BCUT2D eigenvalue weighted by Crippen LogP contribution is -2.51. The molecule has 110 valence electrons. The molecule has 7 nitrogen and oxygen atoms in total. The first-order valence-electron chi connectivity index (χ1n) is 6.29. The quantitative estimate of drug-likeness (QED) is 0.754. The Kier molecular flexibility index (Phi) is 3.59. The summed E-state index contributed by atoms with van der Waals surface area (Å²) in [7, 11) is 0. The van der Waals surface area contributed by atoms with Crippen LogP contribution in [0.2, 0.25) is 0 Å². The summed E-state index contributed by atoms with van der Waals surface area (Å²) in [6.07, 6.45) is 2.85. The van der Waals surface area contributed by atoms with Gasteiger partial charge in [-0.1, -0.05) is 0 Å². The summed E-state index contributed by atoms with van der Waals surface area (Å²) in [5.74, 6) is -4.84. The Balaban J connectivity index is 2.42. The molecule has 1 aliphatic carbocycles. The molecule has 0 aromatic carbocycles. The zero-order chi connectivity index (χ0) is 15.8. The molecule has 21 heavy (non-hydrogen) atoms. The van der Waals surface area contributed by atoms with Crippen LogP contribution >= 0.6 is 0 Å². The number of carbonyl (C=O) groups excluding carboxylic acids is 3. The van der Waals surface area contributed by atoms with E-state index in [1.54, 1.807) is 13.8 Å². The van der Waals surface area contributed by atoms with Crippen molar-refractivity contribution in [3.8, 4) is 0 Å². The molecule has 7 heteroatoms. The maximum atomic E-state index is 12.4. The van der Waals surface area contributed by atoms with Gasteiger partial charge in [-0.2, -0.15) is 0 Å². The van der Waals surface area contributed by atoms with Crippen molar-refractivity contribution in [3.63, 3.8) is 0 Å². The molecule has 1 atom stereocenters. The van der Waals surface area contributed by atoms with Crippen molar-refractivity contribution in [2.24, 2.45) is 5.92 Å². The zero-order valence-corrected chi connectivity index (χ0v) is 11.5. The van der Waals surface area contributed by atoms with Gasteiger partial charge in [-0.3, -0.25) is 24.2 Å². The standard InChI is InChI=1S/C14H14N2O5/c1-14(2)8-5-15-4-3-7(8)11(19)10(12(14)20)13(21)16-6-9(17)18/h3-5,10H,6H2,1-2H3,(H,16,21)(H,17,18). The second-order valence-corrected chi connectivity index (χ2v) is 5.32. The smallest absolute Gasteiger partial charge is 0.322 e. The SMILES string of the molecule is CC1(C)C(=O)C(C(=O)NCC(=O)O)C(=O)c2ccncc21. The van der Waals surface area contributed by atoms with Gasteiger partial charge in [-0.25, -0.2) is 0 Å². The summed E-state index contributed by atoms with van der Waals surface area (Å²) in [6.45, 7) is 2.58. The lowest BCUT2D eigenvalue weighted by Gasteiger charge is -2.33. The van der Waals surface area contributed by atoms with Gasteiger partial charge in [0.2, 0.25) is 5.91 Å².